The summed E-state index contributed by atoms with van der Waals surface area (Å²) >= 11 is 0. The van der Waals surface area contributed by atoms with Gasteiger partial charge in [-0.15, -0.1) is 0 Å². The molecule has 0 radical (unpaired) electrons. The topological polar surface area (TPSA) is 98.1 Å². The molecule has 19 heavy (non-hydrogen) atoms. The highest BCUT2D eigenvalue weighted by molar-refractivity contribution is 5.95. The molecule has 102 valence electrons. The zero-order valence-electron chi connectivity index (χ0n) is 10.2. The van der Waals surface area contributed by atoms with Crippen LogP contribution < -0.4 is 0 Å². The van der Waals surface area contributed by atoms with Gasteiger partial charge in [0.15, 0.2) is 11.5 Å². The number of aliphatic carboxylic acids is 1. The molecule has 1 aliphatic rings. The molecule has 0 aliphatic carbocycles. The van der Waals surface area contributed by atoms with Crippen LogP contribution >= 0.6 is 0 Å². The second kappa shape index (κ2) is 5.17. The summed E-state index contributed by atoms with van der Waals surface area (Å²) in [4.78, 5) is 24.6. The molecule has 1 heterocycles. The standard InChI is InChI=1S/C13H15NO5/c15-10-4-3-8(6-11(10)16)12(17)14-5-1-2-9(7-14)13(18)19/h3-4,6,9,15-16H,1-2,5,7H2,(H,18,19)/t9-/m1/s1. The van der Waals surface area contributed by atoms with Gasteiger partial charge in [0, 0.05) is 18.7 Å². The van der Waals surface area contributed by atoms with Gasteiger partial charge in [0.05, 0.1) is 5.92 Å². The Morgan fingerprint density at radius 1 is 1.21 bits per heavy atom. The number of carboxylic acids is 1. The quantitative estimate of drug-likeness (QED) is 0.694. The maximum absolute atomic E-state index is 12.2. The number of benzene rings is 1. The zero-order chi connectivity index (χ0) is 14.0. The molecule has 1 aliphatic heterocycles. The first-order valence-corrected chi connectivity index (χ1v) is 6.03. The number of nitrogens with zero attached hydrogens (tertiary/aromatic N) is 1. The number of carbonyl (C=O) groups is 2. The Balaban J connectivity index is 2.14. The first-order chi connectivity index (χ1) is 8.99. The van der Waals surface area contributed by atoms with Crippen LogP contribution in [0.5, 0.6) is 11.5 Å². The fourth-order valence-corrected chi connectivity index (χ4v) is 2.20. The molecule has 0 saturated carbocycles. The molecule has 1 aromatic rings. The minimum absolute atomic E-state index is 0.176. The Kier molecular flexibility index (Phi) is 3.59. The number of aromatic hydroxyl groups is 2. The van der Waals surface area contributed by atoms with Crippen molar-refractivity contribution in [2.45, 2.75) is 12.8 Å². The van der Waals surface area contributed by atoms with E-state index >= 15 is 0 Å². The van der Waals surface area contributed by atoms with E-state index in [-0.39, 0.29) is 29.5 Å². The van der Waals surface area contributed by atoms with E-state index in [2.05, 4.69) is 0 Å². The lowest BCUT2D eigenvalue weighted by Gasteiger charge is -2.30. The molecule has 3 N–H and O–H groups in total. The number of rotatable bonds is 2. The molecule has 1 saturated heterocycles. The first-order valence-electron chi connectivity index (χ1n) is 6.03. The number of amides is 1. The van der Waals surface area contributed by atoms with Crippen molar-refractivity contribution in [1.82, 2.24) is 4.90 Å². The lowest BCUT2D eigenvalue weighted by atomic mass is 9.97. The number of piperidine rings is 1. The molecular formula is C13H15NO5. The molecule has 6 nitrogen and oxygen atoms in total. The average Bonchev–Trinajstić information content (AvgIpc) is 2.41. The summed E-state index contributed by atoms with van der Waals surface area (Å²) in [5.41, 5.74) is 0.237. The third-order valence-electron chi connectivity index (χ3n) is 3.28. The normalized spacial score (nSPS) is 19.2. The van der Waals surface area contributed by atoms with Crippen molar-refractivity contribution >= 4 is 11.9 Å². The lowest BCUT2D eigenvalue weighted by molar-refractivity contribution is -0.143. The molecule has 0 aromatic heterocycles. The number of hydrogen-bond donors (Lipinski definition) is 3. The Hall–Kier alpha value is -2.24. The van der Waals surface area contributed by atoms with E-state index in [0.29, 0.717) is 19.4 Å². The number of phenolic OH excluding ortho intramolecular Hbond substituents is 2. The smallest absolute Gasteiger partial charge is 0.308 e. The number of carbonyl (C=O) groups excluding carboxylic acids is 1. The molecular weight excluding hydrogens is 250 g/mol. The highest BCUT2D eigenvalue weighted by atomic mass is 16.4. The number of hydrogen-bond acceptors (Lipinski definition) is 4. The fraction of sp³-hybridized carbons (Fsp3) is 0.385. The Morgan fingerprint density at radius 3 is 2.58 bits per heavy atom. The van der Waals surface area contributed by atoms with Crippen LogP contribution in [0.25, 0.3) is 0 Å². The third-order valence-corrected chi connectivity index (χ3v) is 3.28. The summed E-state index contributed by atoms with van der Waals surface area (Å²) in [7, 11) is 0. The van der Waals surface area contributed by atoms with E-state index < -0.39 is 11.9 Å². The molecule has 1 atom stereocenters. The van der Waals surface area contributed by atoms with Crippen LogP contribution in [-0.2, 0) is 4.79 Å². The van der Waals surface area contributed by atoms with Crippen LogP contribution in [0.1, 0.15) is 23.2 Å². The van der Waals surface area contributed by atoms with Crippen molar-refractivity contribution in [3.63, 3.8) is 0 Å². The van der Waals surface area contributed by atoms with Crippen LogP contribution in [0.4, 0.5) is 0 Å². The highest BCUT2D eigenvalue weighted by Gasteiger charge is 2.28. The monoisotopic (exact) mass is 265 g/mol. The van der Waals surface area contributed by atoms with Crippen LogP contribution in [0.2, 0.25) is 0 Å². The van der Waals surface area contributed by atoms with Gasteiger partial charge in [-0.1, -0.05) is 0 Å². The molecule has 0 unspecified atom stereocenters. The first kappa shape index (κ1) is 13.2. The second-order valence-corrected chi connectivity index (χ2v) is 4.63. The molecule has 6 heteroatoms. The van der Waals surface area contributed by atoms with Crippen molar-refractivity contribution in [2.75, 3.05) is 13.1 Å². The summed E-state index contributed by atoms with van der Waals surface area (Å²) in [6, 6.07) is 3.82. The predicted molar refractivity (Wildman–Crippen MR) is 66.0 cm³/mol. The number of carboxylic acid groups (broad SMARTS) is 1. The maximum atomic E-state index is 12.2. The minimum Gasteiger partial charge on any atom is -0.504 e. The van der Waals surface area contributed by atoms with Gasteiger partial charge in [-0.05, 0) is 31.0 Å². The van der Waals surface area contributed by atoms with Crippen molar-refractivity contribution in [3.8, 4) is 11.5 Å². The molecule has 1 amide bonds. The molecule has 2 rings (SSSR count). The lowest BCUT2D eigenvalue weighted by Crippen LogP contribution is -2.42. The highest BCUT2D eigenvalue weighted by Crippen LogP contribution is 2.26. The van der Waals surface area contributed by atoms with Gasteiger partial charge in [0.25, 0.3) is 5.91 Å². The largest absolute Gasteiger partial charge is 0.504 e. The van der Waals surface area contributed by atoms with Gasteiger partial charge in [0.1, 0.15) is 0 Å². The Morgan fingerprint density at radius 2 is 1.95 bits per heavy atom. The summed E-state index contributed by atoms with van der Waals surface area (Å²) in [6.07, 6.45) is 1.21. The summed E-state index contributed by atoms with van der Waals surface area (Å²) in [6.45, 7) is 0.681. The molecule has 1 aromatic carbocycles. The van der Waals surface area contributed by atoms with Gasteiger partial charge in [-0.25, -0.2) is 0 Å². The van der Waals surface area contributed by atoms with Gasteiger partial charge in [0.2, 0.25) is 0 Å². The van der Waals surface area contributed by atoms with E-state index in [0.717, 1.165) is 0 Å². The molecule has 0 spiro atoms. The molecule has 0 bridgehead atoms. The minimum atomic E-state index is -0.897. The average molecular weight is 265 g/mol. The van der Waals surface area contributed by atoms with E-state index in [4.69, 9.17) is 5.11 Å². The van der Waals surface area contributed by atoms with Crippen molar-refractivity contribution in [2.24, 2.45) is 5.92 Å². The number of phenols is 2. The SMILES string of the molecule is O=C(O)[C@@H]1CCCN(C(=O)c2ccc(O)c(O)c2)C1. The Bertz CT molecular complexity index is 514. The van der Waals surface area contributed by atoms with E-state index in [1.807, 2.05) is 0 Å². The molecule has 1 fully saturated rings. The van der Waals surface area contributed by atoms with Gasteiger partial charge in [-0.2, -0.15) is 0 Å². The van der Waals surface area contributed by atoms with Crippen LogP contribution in [-0.4, -0.2) is 45.2 Å². The van der Waals surface area contributed by atoms with Crippen molar-refractivity contribution < 1.29 is 24.9 Å². The second-order valence-electron chi connectivity index (χ2n) is 4.63. The van der Waals surface area contributed by atoms with E-state index in [9.17, 15) is 19.8 Å². The van der Waals surface area contributed by atoms with Gasteiger partial charge >= 0.3 is 5.97 Å². The maximum Gasteiger partial charge on any atom is 0.308 e. The van der Waals surface area contributed by atoms with Crippen molar-refractivity contribution in [1.29, 1.82) is 0 Å². The van der Waals surface area contributed by atoms with Crippen LogP contribution in [0.15, 0.2) is 18.2 Å². The van der Waals surface area contributed by atoms with Crippen LogP contribution in [0.3, 0.4) is 0 Å². The van der Waals surface area contributed by atoms with E-state index in [1.165, 1.54) is 23.1 Å². The summed E-state index contributed by atoms with van der Waals surface area (Å²) < 4.78 is 0. The van der Waals surface area contributed by atoms with Crippen LogP contribution in [0, 0.1) is 5.92 Å². The Labute approximate surface area is 109 Å². The zero-order valence-corrected chi connectivity index (χ0v) is 10.2. The third kappa shape index (κ3) is 2.78. The summed E-state index contributed by atoms with van der Waals surface area (Å²) in [5, 5.41) is 27.5. The van der Waals surface area contributed by atoms with E-state index in [1.54, 1.807) is 0 Å². The predicted octanol–water partition coefficient (Wildman–Crippen LogP) is 1.03. The summed E-state index contributed by atoms with van der Waals surface area (Å²) in [5.74, 6) is -2.42. The van der Waals surface area contributed by atoms with Crippen molar-refractivity contribution in [3.05, 3.63) is 23.8 Å². The number of likely N-dealkylation sites (tertiary alicyclic amines) is 1. The van der Waals surface area contributed by atoms with Gasteiger partial charge < -0.3 is 20.2 Å². The van der Waals surface area contributed by atoms with Gasteiger partial charge in [-0.3, -0.25) is 9.59 Å². The fourth-order valence-electron chi connectivity index (χ4n) is 2.20.